The highest BCUT2D eigenvalue weighted by Gasteiger charge is 2.21. The molecule has 7 heteroatoms. The van der Waals surface area contributed by atoms with E-state index in [1.165, 1.54) is 0 Å². The maximum Gasteiger partial charge on any atom is 0.489 e. The predicted octanol–water partition coefficient (Wildman–Crippen LogP) is 3.98. The number of hydrogen-bond acceptors (Lipinski definition) is 5. The van der Waals surface area contributed by atoms with Crippen molar-refractivity contribution in [2.24, 2.45) is 0 Å². The maximum atomic E-state index is 10.1. The molecule has 0 unspecified atom stereocenters. The maximum absolute atomic E-state index is 10.1. The van der Waals surface area contributed by atoms with Crippen LogP contribution in [0.4, 0.5) is 0 Å². The molecule has 6 rings (SSSR count). The highest BCUT2D eigenvalue weighted by molar-refractivity contribution is 6.63. The molecule has 0 amide bonds. The van der Waals surface area contributed by atoms with Crippen molar-refractivity contribution in [1.29, 1.82) is 0 Å². The molecule has 0 saturated carbocycles. The number of fused-ring (bicyclic) bond motifs is 3. The molecule has 0 bridgehead atoms. The van der Waals surface area contributed by atoms with E-state index < -0.39 is 7.12 Å². The van der Waals surface area contributed by atoms with Crippen molar-refractivity contribution in [3.63, 3.8) is 0 Å². The van der Waals surface area contributed by atoms with Crippen molar-refractivity contribution in [3.8, 4) is 28.5 Å². The number of nitrogens with zero attached hydrogens (tertiary/aromatic N) is 4. The molecule has 2 aromatic carbocycles. The average Bonchev–Trinajstić information content (AvgIpc) is 3.24. The van der Waals surface area contributed by atoms with Gasteiger partial charge in [-0.15, -0.1) is 0 Å². The fraction of sp³-hybridized carbons (Fsp3) is 0. The smallest absolute Gasteiger partial charge is 0.423 e. The van der Waals surface area contributed by atoms with Gasteiger partial charge in [0, 0.05) is 23.2 Å². The second kappa shape index (κ2) is 8.22. The minimum absolute atomic E-state index is 0.469. The van der Waals surface area contributed by atoms with Crippen LogP contribution in [0.1, 0.15) is 0 Å². The Bertz CT molecular complexity index is 1580. The first kappa shape index (κ1) is 20.3. The number of aromatic nitrogens is 4. The zero-order valence-electron chi connectivity index (χ0n) is 18.1. The van der Waals surface area contributed by atoms with Gasteiger partial charge in [0.2, 0.25) is 0 Å². The third-order valence-corrected chi connectivity index (χ3v) is 5.93. The SMILES string of the molecule is OB(O)c1cccc2c1c1ccccc1n2-c1cc(-c2ccccn2)nc(-c2ccccn2)c1. The summed E-state index contributed by atoms with van der Waals surface area (Å²) in [6.07, 6.45) is 3.50. The molecule has 0 aliphatic heterocycles. The lowest BCUT2D eigenvalue weighted by Crippen LogP contribution is -2.30. The van der Waals surface area contributed by atoms with E-state index in [0.717, 1.165) is 50.3 Å². The number of hydrogen-bond donors (Lipinski definition) is 2. The average molecular weight is 442 g/mol. The minimum Gasteiger partial charge on any atom is -0.423 e. The molecule has 34 heavy (non-hydrogen) atoms. The van der Waals surface area contributed by atoms with Crippen molar-refractivity contribution < 1.29 is 10.0 Å². The molecule has 0 aliphatic rings. The van der Waals surface area contributed by atoms with Gasteiger partial charge in [-0.2, -0.15) is 0 Å². The first-order chi connectivity index (χ1) is 16.7. The lowest BCUT2D eigenvalue weighted by Gasteiger charge is -2.12. The molecule has 0 spiro atoms. The van der Waals surface area contributed by atoms with E-state index in [1.807, 2.05) is 84.9 Å². The summed E-state index contributed by atoms with van der Waals surface area (Å²) in [6, 6.07) is 29.0. The summed E-state index contributed by atoms with van der Waals surface area (Å²) in [6.45, 7) is 0. The van der Waals surface area contributed by atoms with Crippen LogP contribution in [0.2, 0.25) is 0 Å². The highest BCUT2D eigenvalue weighted by atomic mass is 16.4. The summed E-state index contributed by atoms with van der Waals surface area (Å²) in [4.78, 5) is 13.9. The standard InChI is InChI=1S/C27H19BN4O2/c33-28(34)20-9-7-13-26-27(20)19-8-1-2-12-25(19)32(26)18-16-23(21-10-3-5-14-29-21)31-24(17-18)22-11-4-6-15-30-22/h1-17,33-34H. The lowest BCUT2D eigenvalue weighted by atomic mass is 9.77. The number of benzene rings is 2. The van der Waals surface area contributed by atoms with Crippen LogP contribution in [-0.4, -0.2) is 36.7 Å². The fourth-order valence-corrected chi connectivity index (χ4v) is 4.48. The zero-order valence-corrected chi connectivity index (χ0v) is 18.1. The van der Waals surface area contributed by atoms with E-state index in [0.29, 0.717) is 5.46 Å². The second-order valence-electron chi connectivity index (χ2n) is 7.99. The van der Waals surface area contributed by atoms with Crippen LogP contribution in [0.15, 0.2) is 103 Å². The molecular formula is C27H19BN4O2. The Labute approximate surface area is 196 Å². The van der Waals surface area contributed by atoms with E-state index in [2.05, 4.69) is 14.5 Å². The summed E-state index contributed by atoms with van der Waals surface area (Å²) in [5.74, 6) is 0. The molecule has 6 nitrogen and oxygen atoms in total. The predicted molar refractivity (Wildman–Crippen MR) is 135 cm³/mol. The van der Waals surface area contributed by atoms with Gasteiger partial charge in [-0.05, 0) is 54.0 Å². The first-order valence-electron chi connectivity index (χ1n) is 10.9. The Hall–Kier alpha value is -4.33. The second-order valence-corrected chi connectivity index (χ2v) is 7.99. The molecule has 0 atom stereocenters. The highest BCUT2D eigenvalue weighted by Crippen LogP contribution is 2.33. The van der Waals surface area contributed by atoms with Gasteiger partial charge in [0.1, 0.15) is 0 Å². The molecule has 0 saturated heterocycles. The van der Waals surface area contributed by atoms with E-state index in [4.69, 9.17) is 4.98 Å². The zero-order chi connectivity index (χ0) is 23.1. The van der Waals surface area contributed by atoms with Crippen molar-refractivity contribution in [2.75, 3.05) is 0 Å². The van der Waals surface area contributed by atoms with Gasteiger partial charge in [-0.1, -0.05) is 42.5 Å². The minimum atomic E-state index is -1.58. The van der Waals surface area contributed by atoms with Gasteiger partial charge in [-0.25, -0.2) is 4.98 Å². The van der Waals surface area contributed by atoms with Gasteiger partial charge in [-0.3, -0.25) is 9.97 Å². The molecule has 0 aliphatic carbocycles. The number of rotatable bonds is 4. The van der Waals surface area contributed by atoms with Crippen LogP contribution in [0.25, 0.3) is 50.3 Å². The van der Waals surface area contributed by atoms with Gasteiger partial charge in [0.15, 0.2) is 0 Å². The Morgan fingerprint density at radius 3 is 1.85 bits per heavy atom. The van der Waals surface area contributed by atoms with E-state index in [9.17, 15) is 10.0 Å². The lowest BCUT2D eigenvalue weighted by molar-refractivity contribution is 0.426. The van der Waals surface area contributed by atoms with E-state index in [-0.39, 0.29) is 0 Å². The number of para-hydroxylation sites is 1. The topological polar surface area (TPSA) is 84.1 Å². The number of pyridine rings is 3. The molecule has 162 valence electrons. The molecule has 4 aromatic heterocycles. The van der Waals surface area contributed by atoms with Crippen LogP contribution in [0, 0.1) is 0 Å². The monoisotopic (exact) mass is 442 g/mol. The molecular weight excluding hydrogens is 423 g/mol. The van der Waals surface area contributed by atoms with Crippen LogP contribution in [0.3, 0.4) is 0 Å². The molecule has 0 radical (unpaired) electrons. The molecule has 6 aromatic rings. The Kier molecular flexibility index (Phi) is 4.91. The van der Waals surface area contributed by atoms with Crippen LogP contribution in [-0.2, 0) is 0 Å². The fourth-order valence-electron chi connectivity index (χ4n) is 4.48. The Balaban J connectivity index is 1.71. The summed E-state index contributed by atoms with van der Waals surface area (Å²) >= 11 is 0. The summed E-state index contributed by atoms with van der Waals surface area (Å²) in [5, 5.41) is 21.9. The van der Waals surface area contributed by atoms with Gasteiger partial charge < -0.3 is 14.6 Å². The molecule has 2 N–H and O–H groups in total. The summed E-state index contributed by atoms with van der Waals surface area (Å²) in [5.41, 5.74) is 6.14. The molecule has 0 fully saturated rings. The van der Waals surface area contributed by atoms with E-state index in [1.54, 1.807) is 18.5 Å². The molecule has 4 heterocycles. The quantitative estimate of drug-likeness (QED) is 0.404. The van der Waals surface area contributed by atoms with Crippen LogP contribution >= 0.6 is 0 Å². The van der Waals surface area contributed by atoms with Gasteiger partial charge in [0.05, 0.1) is 39.5 Å². The summed E-state index contributed by atoms with van der Waals surface area (Å²) < 4.78 is 2.12. The Morgan fingerprint density at radius 1 is 0.618 bits per heavy atom. The van der Waals surface area contributed by atoms with E-state index >= 15 is 0 Å². The largest absolute Gasteiger partial charge is 0.489 e. The van der Waals surface area contributed by atoms with Gasteiger partial charge >= 0.3 is 7.12 Å². The van der Waals surface area contributed by atoms with Gasteiger partial charge in [0.25, 0.3) is 0 Å². The third kappa shape index (κ3) is 3.35. The summed E-state index contributed by atoms with van der Waals surface area (Å²) in [7, 11) is -1.58. The van der Waals surface area contributed by atoms with Crippen molar-refractivity contribution >= 4 is 34.4 Å². The first-order valence-corrected chi connectivity index (χ1v) is 10.9. The Morgan fingerprint density at radius 2 is 1.24 bits per heavy atom. The van der Waals surface area contributed by atoms with Crippen molar-refractivity contribution in [3.05, 3.63) is 103 Å². The van der Waals surface area contributed by atoms with Crippen LogP contribution in [0.5, 0.6) is 0 Å². The third-order valence-electron chi connectivity index (χ3n) is 5.93. The van der Waals surface area contributed by atoms with Crippen LogP contribution < -0.4 is 5.46 Å². The normalized spacial score (nSPS) is 11.2. The van der Waals surface area contributed by atoms with Crippen molar-refractivity contribution in [1.82, 2.24) is 19.5 Å². The van der Waals surface area contributed by atoms with Crippen molar-refractivity contribution in [2.45, 2.75) is 0 Å².